The van der Waals surface area contributed by atoms with Gasteiger partial charge in [-0.2, -0.15) is 0 Å². The van der Waals surface area contributed by atoms with Crippen LogP contribution in [0.15, 0.2) is 42.6 Å². The summed E-state index contributed by atoms with van der Waals surface area (Å²) in [6, 6.07) is 10.3. The first-order chi connectivity index (χ1) is 12.2. The molecule has 6 heteroatoms. The molecule has 1 saturated heterocycles. The Morgan fingerprint density at radius 3 is 2.72 bits per heavy atom. The van der Waals surface area contributed by atoms with Gasteiger partial charge >= 0.3 is 0 Å². The molecule has 0 unspecified atom stereocenters. The molecule has 1 aliphatic heterocycles. The van der Waals surface area contributed by atoms with Crippen molar-refractivity contribution in [2.24, 2.45) is 0 Å². The van der Waals surface area contributed by atoms with Crippen molar-refractivity contribution in [3.05, 3.63) is 59.7 Å². The van der Waals surface area contributed by atoms with Crippen LogP contribution in [0.1, 0.15) is 28.4 Å². The fourth-order valence-electron chi connectivity index (χ4n) is 3.24. The fourth-order valence-corrected chi connectivity index (χ4v) is 3.24. The van der Waals surface area contributed by atoms with Crippen molar-refractivity contribution in [1.29, 1.82) is 0 Å². The van der Waals surface area contributed by atoms with Crippen LogP contribution in [0, 0.1) is 5.82 Å². The van der Waals surface area contributed by atoms with E-state index in [2.05, 4.69) is 15.2 Å². The highest BCUT2D eigenvalue weighted by atomic mass is 19.1. The van der Waals surface area contributed by atoms with E-state index in [1.54, 1.807) is 18.3 Å². The van der Waals surface area contributed by atoms with Crippen molar-refractivity contribution < 1.29 is 13.9 Å². The zero-order valence-electron chi connectivity index (χ0n) is 13.8. The summed E-state index contributed by atoms with van der Waals surface area (Å²) < 4.78 is 18.4. The molecule has 1 N–H and O–H groups in total. The molecule has 1 aromatic heterocycles. The summed E-state index contributed by atoms with van der Waals surface area (Å²) in [4.78, 5) is 18.9. The number of morpholine rings is 1. The summed E-state index contributed by atoms with van der Waals surface area (Å²) >= 11 is 0. The van der Waals surface area contributed by atoms with E-state index in [4.69, 9.17) is 4.74 Å². The number of nitrogens with zero attached hydrogens (tertiary/aromatic N) is 2. The maximum absolute atomic E-state index is 13.0. The molecule has 130 valence electrons. The second-order valence-electron chi connectivity index (χ2n) is 6.47. The van der Waals surface area contributed by atoms with E-state index in [1.807, 2.05) is 12.1 Å². The Morgan fingerprint density at radius 1 is 1.20 bits per heavy atom. The third-order valence-electron chi connectivity index (χ3n) is 4.76. The van der Waals surface area contributed by atoms with Gasteiger partial charge in [-0.15, -0.1) is 0 Å². The first kappa shape index (κ1) is 16.0. The highest BCUT2D eigenvalue weighted by molar-refractivity contribution is 5.93. The third-order valence-corrected chi connectivity index (χ3v) is 4.76. The minimum Gasteiger partial charge on any atom is -0.378 e. The Bertz CT molecular complexity index is 760. The van der Waals surface area contributed by atoms with Crippen molar-refractivity contribution in [3.63, 3.8) is 0 Å². The topological polar surface area (TPSA) is 54.5 Å². The number of pyridine rings is 1. The number of carbonyl (C=O) groups excluding carboxylic acids is 1. The molecule has 5 nitrogen and oxygen atoms in total. The van der Waals surface area contributed by atoms with Gasteiger partial charge in [-0.1, -0.05) is 12.1 Å². The van der Waals surface area contributed by atoms with Gasteiger partial charge in [0.1, 0.15) is 11.5 Å². The minimum atomic E-state index is -0.242. The van der Waals surface area contributed by atoms with Crippen LogP contribution in [-0.4, -0.2) is 43.2 Å². The minimum absolute atomic E-state index is 0.0896. The molecule has 25 heavy (non-hydrogen) atoms. The van der Waals surface area contributed by atoms with Crippen LogP contribution < -0.4 is 10.2 Å². The van der Waals surface area contributed by atoms with Crippen LogP contribution in [0.2, 0.25) is 0 Å². The number of halogens is 1. The molecule has 1 aromatic carbocycles. The molecule has 2 atom stereocenters. The number of hydrogen-bond donors (Lipinski definition) is 1. The monoisotopic (exact) mass is 341 g/mol. The number of hydrogen-bond acceptors (Lipinski definition) is 4. The third kappa shape index (κ3) is 3.64. The second kappa shape index (κ2) is 6.80. The van der Waals surface area contributed by atoms with E-state index in [0.29, 0.717) is 18.9 Å². The predicted octanol–water partition coefficient (Wildman–Crippen LogP) is 2.34. The van der Waals surface area contributed by atoms with Gasteiger partial charge in [0.25, 0.3) is 5.91 Å². The number of nitrogens with one attached hydrogen (secondary N) is 1. The lowest BCUT2D eigenvalue weighted by Crippen LogP contribution is -2.36. The maximum Gasteiger partial charge on any atom is 0.270 e. The van der Waals surface area contributed by atoms with E-state index in [-0.39, 0.29) is 23.7 Å². The molecule has 1 saturated carbocycles. The SMILES string of the molecule is O=C(N[C@@H]1C[C@H]1c1ccc(F)cc1)c1cc(N2CCOCC2)ccn1. The van der Waals surface area contributed by atoms with Gasteiger partial charge in [0.2, 0.25) is 0 Å². The van der Waals surface area contributed by atoms with E-state index < -0.39 is 0 Å². The Balaban J connectivity index is 1.39. The van der Waals surface area contributed by atoms with E-state index in [1.165, 1.54) is 12.1 Å². The van der Waals surface area contributed by atoms with Crippen molar-refractivity contribution in [1.82, 2.24) is 10.3 Å². The van der Waals surface area contributed by atoms with E-state index >= 15 is 0 Å². The average molecular weight is 341 g/mol. The second-order valence-corrected chi connectivity index (χ2v) is 6.47. The van der Waals surface area contributed by atoms with Crippen LogP contribution in [0.5, 0.6) is 0 Å². The summed E-state index contributed by atoms with van der Waals surface area (Å²) in [6.07, 6.45) is 2.55. The van der Waals surface area contributed by atoms with Gasteiger partial charge in [-0.3, -0.25) is 9.78 Å². The molecule has 2 aliphatic rings. The molecule has 0 bridgehead atoms. The number of ether oxygens (including phenoxy) is 1. The average Bonchev–Trinajstić information content (AvgIpc) is 3.42. The van der Waals surface area contributed by atoms with Gasteiger partial charge in [-0.25, -0.2) is 4.39 Å². The first-order valence-corrected chi connectivity index (χ1v) is 8.56. The summed E-state index contributed by atoms with van der Waals surface area (Å²) in [5.74, 6) is -0.147. The smallest absolute Gasteiger partial charge is 0.270 e. The van der Waals surface area contributed by atoms with E-state index in [0.717, 1.165) is 30.8 Å². The summed E-state index contributed by atoms with van der Waals surface area (Å²) in [5, 5.41) is 3.03. The molecule has 1 aliphatic carbocycles. The normalized spacial score (nSPS) is 22.5. The standard InChI is InChI=1S/C19H20FN3O2/c20-14-3-1-13(2-4-14)16-12-17(16)22-19(24)18-11-15(5-6-21-18)23-7-9-25-10-8-23/h1-6,11,16-17H,7-10,12H2,(H,22,24)/t16-,17+/m0/s1. The molecule has 0 radical (unpaired) electrons. The van der Waals surface area contributed by atoms with Crippen molar-refractivity contribution in [2.45, 2.75) is 18.4 Å². The molecule has 2 fully saturated rings. The Labute approximate surface area is 145 Å². The molecule has 4 rings (SSSR count). The van der Waals surface area contributed by atoms with Gasteiger partial charge in [0.05, 0.1) is 13.2 Å². The van der Waals surface area contributed by atoms with E-state index in [9.17, 15) is 9.18 Å². The summed E-state index contributed by atoms with van der Waals surface area (Å²) in [5.41, 5.74) is 2.48. The molecule has 0 spiro atoms. The zero-order valence-corrected chi connectivity index (χ0v) is 13.8. The predicted molar refractivity (Wildman–Crippen MR) is 92.3 cm³/mol. The lowest BCUT2D eigenvalue weighted by atomic mass is 10.1. The van der Waals surface area contributed by atoms with Crippen LogP contribution >= 0.6 is 0 Å². The number of rotatable bonds is 4. The van der Waals surface area contributed by atoms with Crippen molar-refractivity contribution >= 4 is 11.6 Å². The zero-order chi connectivity index (χ0) is 17.2. The van der Waals surface area contributed by atoms with Crippen LogP contribution in [0.3, 0.4) is 0 Å². The van der Waals surface area contributed by atoms with Crippen LogP contribution in [0.25, 0.3) is 0 Å². The van der Waals surface area contributed by atoms with Gasteiger partial charge in [0, 0.05) is 36.9 Å². The highest BCUT2D eigenvalue weighted by Gasteiger charge is 2.39. The lowest BCUT2D eigenvalue weighted by Gasteiger charge is -2.28. The molecule has 2 aromatic rings. The fraction of sp³-hybridized carbons (Fsp3) is 0.368. The van der Waals surface area contributed by atoms with Gasteiger partial charge < -0.3 is 15.0 Å². The summed E-state index contributed by atoms with van der Waals surface area (Å²) in [7, 11) is 0. The molecular weight excluding hydrogens is 321 g/mol. The lowest BCUT2D eigenvalue weighted by molar-refractivity contribution is 0.0945. The first-order valence-electron chi connectivity index (χ1n) is 8.56. The number of anilines is 1. The quantitative estimate of drug-likeness (QED) is 0.927. The maximum atomic E-state index is 13.0. The van der Waals surface area contributed by atoms with Crippen molar-refractivity contribution in [2.75, 3.05) is 31.2 Å². The molecular formula is C19H20FN3O2. The molecule has 1 amide bonds. The number of aromatic nitrogens is 1. The number of carbonyl (C=O) groups is 1. The van der Waals surface area contributed by atoms with Crippen molar-refractivity contribution in [3.8, 4) is 0 Å². The van der Waals surface area contributed by atoms with Gasteiger partial charge in [0.15, 0.2) is 0 Å². The largest absolute Gasteiger partial charge is 0.378 e. The van der Waals surface area contributed by atoms with Crippen LogP contribution in [0.4, 0.5) is 10.1 Å². The van der Waals surface area contributed by atoms with Crippen LogP contribution in [-0.2, 0) is 4.74 Å². The highest BCUT2D eigenvalue weighted by Crippen LogP contribution is 2.40. The van der Waals surface area contributed by atoms with Gasteiger partial charge in [-0.05, 0) is 36.2 Å². The Morgan fingerprint density at radius 2 is 1.96 bits per heavy atom. The number of amides is 1. The number of benzene rings is 1. The Kier molecular flexibility index (Phi) is 4.36. The summed E-state index contributed by atoms with van der Waals surface area (Å²) in [6.45, 7) is 3.04. The molecule has 2 heterocycles. The Hall–Kier alpha value is -2.47.